The molecule has 0 amide bonds. The number of morpholine rings is 1. The van der Waals surface area contributed by atoms with Gasteiger partial charge in [-0.2, -0.15) is 9.97 Å². The molecule has 1 aliphatic heterocycles. The number of anilines is 2. The molecule has 11 heteroatoms. The summed E-state index contributed by atoms with van der Waals surface area (Å²) in [6.07, 6.45) is 1.51. The van der Waals surface area contributed by atoms with E-state index in [0.717, 1.165) is 32.2 Å². The summed E-state index contributed by atoms with van der Waals surface area (Å²) in [5.74, 6) is 1.60. The van der Waals surface area contributed by atoms with Gasteiger partial charge in [-0.15, -0.1) is 0 Å². The summed E-state index contributed by atoms with van der Waals surface area (Å²) in [4.78, 5) is 18.3. The lowest BCUT2D eigenvalue weighted by Crippen LogP contribution is -2.52. The van der Waals surface area contributed by atoms with Crippen molar-refractivity contribution in [3.05, 3.63) is 36.2 Å². The first-order chi connectivity index (χ1) is 19.7. The largest absolute Gasteiger partial charge is 0.389 e. The second kappa shape index (κ2) is 12.5. The number of hydrogen-bond acceptors (Lipinski definition) is 8. The summed E-state index contributed by atoms with van der Waals surface area (Å²) >= 11 is 0. The highest BCUT2D eigenvalue weighted by Gasteiger charge is 2.34. The first kappa shape index (κ1) is 29.6. The Balaban J connectivity index is 1.36. The van der Waals surface area contributed by atoms with Crippen molar-refractivity contribution in [3.8, 4) is 5.82 Å². The summed E-state index contributed by atoms with van der Waals surface area (Å²) in [6, 6.07) is 9.43. The quantitative estimate of drug-likeness (QED) is 0.350. The van der Waals surface area contributed by atoms with Crippen LogP contribution in [0.5, 0.6) is 0 Å². The maximum Gasteiger partial charge on any atom is 0.296 e. The number of benzene rings is 1. The number of halogens is 2. The second-order valence-corrected chi connectivity index (χ2v) is 11.8. The third-order valence-electron chi connectivity index (χ3n) is 8.76. The molecule has 1 aliphatic carbocycles. The van der Waals surface area contributed by atoms with Crippen LogP contribution in [0.2, 0.25) is 0 Å². The number of nitrogens with zero attached hydrogens (tertiary/aromatic N) is 6. The monoisotopic (exact) mass is 571 g/mol. The van der Waals surface area contributed by atoms with Crippen LogP contribution in [0.1, 0.15) is 65.6 Å². The highest BCUT2D eigenvalue weighted by Crippen LogP contribution is 2.32. The molecule has 0 radical (unpaired) electrons. The van der Waals surface area contributed by atoms with Gasteiger partial charge in [-0.25, -0.2) is 13.8 Å². The highest BCUT2D eigenvalue weighted by atomic mass is 19.3. The SMILES string of the molecule is CCN(C(C)C(C)(C)O)[C@H]1CC[C@H](CNc2nc(N3CCOCC3)cc(-n3c(C(F)F)nc4ccccc43)n2)CC1. The lowest BCUT2D eigenvalue weighted by molar-refractivity contribution is -0.0342. The van der Waals surface area contributed by atoms with Crippen LogP contribution >= 0.6 is 0 Å². The molecule has 3 heterocycles. The topological polar surface area (TPSA) is 91.6 Å². The third-order valence-corrected chi connectivity index (χ3v) is 8.76. The Morgan fingerprint density at radius 2 is 1.76 bits per heavy atom. The van der Waals surface area contributed by atoms with Gasteiger partial charge in [-0.1, -0.05) is 19.1 Å². The average molecular weight is 572 g/mol. The zero-order valence-corrected chi connectivity index (χ0v) is 24.6. The van der Waals surface area contributed by atoms with E-state index in [0.29, 0.717) is 73.4 Å². The molecule has 1 unspecified atom stereocenters. The van der Waals surface area contributed by atoms with Crippen molar-refractivity contribution in [1.82, 2.24) is 24.4 Å². The van der Waals surface area contributed by atoms with Crippen LogP contribution in [0, 0.1) is 5.92 Å². The van der Waals surface area contributed by atoms with Crippen LogP contribution in [-0.2, 0) is 4.74 Å². The molecule has 0 bridgehead atoms. The summed E-state index contributed by atoms with van der Waals surface area (Å²) in [7, 11) is 0. The van der Waals surface area contributed by atoms with E-state index in [1.54, 1.807) is 24.3 Å². The van der Waals surface area contributed by atoms with E-state index >= 15 is 0 Å². The molecule has 1 aromatic carbocycles. The number of aliphatic hydroxyl groups is 1. The van der Waals surface area contributed by atoms with E-state index in [2.05, 4.69) is 33.9 Å². The Labute approximate surface area is 240 Å². The van der Waals surface area contributed by atoms with Gasteiger partial charge in [0.15, 0.2) is 5.82 Å². The van der Waals surface area contributed by atoms with Crippen molar-refractivity contribution in [2.75, 3.05) is 49.6 Å². The van der Waals surface area contributed by atoms with Gasteiger partial charge in [0.05, 0.1) is 29.8 Å². The van der Waals surface area contributed by atoms with E-state index in [1.807, 2.05) is 19.9 Å². The summed E-state index contributed by atoms with van der Waals surface area (Å²) < 4.78 is 35.3. The van der Waals surface area contributed by atoms with Crippen molar-refractivity contribution < 1.29 is 18.6 Å². The number of likely N-dealkylation sites (N-methyl/N-ethyl adjacent to an activating group) is 1. The molecule has 0 spiro atoms. The van der Waals surface area contributed by atoms with Crippen LogP contribution in [-0.4, -0.2) is 86.6 Å². The van der Waals surface area contributed by atoms with Crippen molar-refractivity contribution in [2.45, 2.75) is 77.5 Å². The molecule has 3 aromatic rings. The van der Waals surface area contributed by atoms with Gasteiger partial charge in [-0.05, 0) is 71.0 Å². The number of rotatable bonds is 10. The predicted molar refractivity (Wildman–Crippen MR) is 157 cm³/mol. The number of imidazole rings is 1. The van der Waals surface area contributed by atoms with Gasteiger partial charge in [-0.3, -0.25) is 9.47 Å². The molecule has 2 aliphatic rings. The number of fused-ring (bicyclic) bond motifs is 1. The maximum absolute atomic E-state index is 14.1. The molecule has 1 saturated carbocycles. The van der Waals surface area contributed by atoms with Gasteiger partial charge in [0.2, 0.25) is 5.95 Å². The molecule has 224 valence electrons. The van der Waals surface area contributed by atoms with Crippen molar-refractivity contribution >= 4 is 22.8 Å². The highest BCUT2D eigenvalue weighted by molar-refractivity contribution is 5.78. The smallest absolute Gasteiger partial charge is 0.296 e. The van der Waals surface area contributed by atoms with Crippen LogP contribution in [0.15, 0.2) is 30.3 Å². The summed E-state index contributed by atoms with van der Waals surface area (Å²) in [6.45, 7) is 12.2. The first-order valence-corrected chi connectivity index (χ1v) is 14.8. The van der Waals surface area contributed by atoms with E-state index in [-0.39, 0.29) is 11.9 Å². The van der Waals surface area contributed by atoms with Crippen molar-refractivity contribution in [2.24, 2.45) is 5.92 Å². The maximum atomic E-state index is 14.1. The number of para-hydroxylation sites is 2. The zero-order chi connectivity index (χ0) is 29.1. The van der Waals surface area contributed by atoms with E-state index < -0.39 is 12.0 Å². The van der Waals surface area contributed by atoms with Crippen LogP contribution in [0.25, 0.3) is 16.9 Å². The van der Waals surface area contributed by atoms with Crippen LogP contribution < -0.4 is 10.2 Å². The first-order valence-electron chi connectivity index (χ1n) is 14.8. The Morgan fingerprint density at radius 3 is 2.41 bits per heavy atom. The molecule has 41 heavy (non-hydrogen) atoms. The molecular weight excluding hydrogens is 528 g/mol. The molecule has 2 aromatic heterocycles. The molecule has 2 fully saturated rings. The molecule has 5 rings (SSSR count). The molecular formula is C30H43F2N7O2. The Kier molecular flexibility index (Phi) is 9.06. The fourth-order valence-electron chi connectivity index (χ4n) is 6.17. The lowest BCUT2D eigenvalue weighted by Gasteiger charge is -2.43. The van der Waals surface area contributed by atoms with Crippen molar-refractivity contribution in [3.63, 3.8) is 0 Å². The molecule has 1 atom stereocenters. The van der Waals surface area contributed by atoms with Crippen LogP contribution in [0.3, 0.4) is 0 Å². The zero-order valence-electron chi connectivity index (χ0n) is 24.6. The average Bonchev–Trinajstić information content (AvgIpc) is 3.37. The Bertz CT molecular complexity index is 1300. The van der Waals surface area contributed by atoms with Gasteiger partial charge in [0, 0.05) is 37.8 Å². The minimum Gasteiger partial charge on any atom is -0.389 e. The Hall–Kier alpha value is -2.89. The predicted octanol–water partition coefficient (Wildman–Crippen LogP) is 5.04. The lowest BCUT2D eigenvalue weighted by atomic mass is 9.84. The number of ether oxygens (including phenoxy) is 1. The second-order valence-electron chi connectivity index (χ2n) is 11.8. The fourth-order valence-corrected chi connectivity index (χ4v) is 6.17. The van der Waals surface area contributed by atoms with Gasteiger partial charge >= 0.3 is 0 Å². The van der Waals surface area contributed by atoms with Gasteiger partial charge in [0.1, 0.15) is 11.6 Å². The van der Waals surface area contributed by atoms with E-state index in [9.17, 15) is 13.9 Å². The minimum atomic E-state index is -2.75. The number of hydrogen-bond donors (Lipinski definition) is 2. The molecule has 9 nitrogen and oxygen atoms in total. The number of aromatic nitrogens is 4. The molecule has 1 saturated heterocycles. The minimum absolute atomic E-state index is 0.0827. The van der Waals surface area contributed by atoms with Crippen molar-refractivity contribution in [1.29, 1.82) is 0 Å². The number of nitrogens with one attached hydrogen (secondary N) is 1. The number of alkyl halides is 2. The van der Waals surface area contributed by atoms with E-state index in [4.69, 9.17) is 14.7 Å². The van der Waals surface area contributed by atoms with Gasteiger partial charge in [0.25, 0.3) is 6.43 Å². The normalized spacial score (nSPS) is 21.1. The summed E-state index contributed by atoms with van der Waals surface area (Å²) in [5.41, 5.74) is 0.333. The Morgan fingerprint density at radius 1 is 1.07 bits per heavy atom. The van der Waals surface area contributed by atoms with E-state index in [1.165, 1.54) is 4.57 Å². The van der Waals surface area contributed by atoms with Gasteiger partial charge < -0.3 is 20.1 Å². The third kappa shape index (κ3) is 6.62. The summed E-state index contributed by atoms with van der Waals surface area (Å²) in [5, 5.41) is 14.0. The standard InChI is InChI=1S/C30H43F2N7O2/c1-5-38(20(2)30(3,4)40)22-12-10-21(11-13-22)19-33-29-35-25(37-14-16-41-17-15-37)18-26(36-29)39-24-9-7-6-8-23(24)34-28(39)27(31)32/h6-9,18,20-22,27,40H,5,10-17,19H2,1-4H3,(H,33,35,36)/t20?,21-,22-. The molecule has 2 N–H and O–H groups in total. The van der Waals surface area contributed by atoms with Crippen LogP contribution in [0.4, 0.5) is 20.5 Å². The fraction of sp³-hybridized carbons (Fsp3) is 0.633.